The van der Waals surface area contributed by atoms with Crippen LogP contribution in [0.15, 0.2) is 54.7 Å². The van der Waals surface area contributed by atoms with Gasteiger partial charge in [-0.05, 0) is 61.6 Å². The van der Waals surface area contributed by atoms with Crippen molar-refractivity contribution in [3.63, 3.8) is 0 Å². The second-order valence-electron chi connectivity index (χ2n) is 6.92. The Morgan fingerprint density at radius 3 is 3.00 bits per heavy atom. The Morgan fingerprint density at radius 1 is 1.26 bits per heavy atom. The van der Waals surface area contributed by atoms with Gasteiger partial charge in [-0.3, -0.25) is 4.79 Å². The quantitative estimate of drug-likeness (QED) is 0.686. The van der Waals surface area contributed by atoms with Crippen molar-refractivity contribution >= 4 is 28.6 Å². The molecule has 5 heteroatoms. The van der Waals surface area contributed by atoms with Gasteiger partial charge in [-0.2, -0.15) is 5.10 Å². The molecule has 2 aromatic carbocycles. The molecule has 1 atom stereocenters. The van der Waals surface area contributed by atoms with Crippen LogP contribution in [0.2, 0.25) is 0 Å². The molecule has 1 unspecified atom stereocenters. The number of amides is 1. The first-order valence-corrected chi connectivity index (χ1v) is 9.34. The van der Waals surface area contributed by atoms with Gasteiger partial charge in [-0.15, -0.1) is 0 Å². The Labute approximate surface area is 158 Å². The highest BCUT2D eigenvalue weighted by Crippen LogP contribution is 2.26. The van der Waals surface area contributed by atoms with Crippen molar-refractivity contribution in [1.82, 2.24) is 9.78 Å². The molecule has 1 N–H and O–H groups in total. The normalized spacial score (nSPS) is 17.4. The van der Waals surface area contributed by atoms with Crippen LogP contribution in [0.25, 0.3) is 17.0 Å². The highest BCUT2D eigenvalue weighted by atomic mass is 16.5. The van der Waals surface area contributed by atoms with Gasteiger partial charge in [0.25, 0.3) is 0 Å². The zero-order chi connectivity index (χ0) is 18.6. The van der Waals surface area contributed by atoms with E-state index in [1.165, 1.54) is 0 Å². The number of benzene rings is 2. The van der Waals surface area contributed by atoms with E-state index < -0.39 is 0 Å². The highest BCUT2D eigenvalue weighted by molar-refractivity contribution is 6.02. The number of anilines is 1. The van der Waals surface area contributed by atoms with Crippen LogP contribution in [-0.4, -0.2) is 22.3 Å². The van der Waals surface area contributed by atoms with Crippen LogP contribution in [0.4, 0.5) is 5.69 Å². The third-order valence-electron chi connectivity index (χ3n) is 4.76. The van der Waals surface area contributed by atoms with Crippen molar-refractivity contribution in [2.24, 2.45) is 0 Å². The molecular weight excluding hydrogens is 338 g/mol. The lowest BCUT2D eigenvalue weighted by molar-refractivity contribution is -0.111. The molecule has 27 heavy (non-hydrogen) atoms. The van der Waals surface area contributed by atoms with E-state index >= 15 is 0 Å². The van der Waals surface area contributed by atoms with Crippen LogP contribution in [-0.2, 0) is 9.53 Å². The van der Waals surface area contributed by atoms with E-state index in [1.807, 2.05) is 60.3 Å². The number of rotatable bonds is 4. The number of hydrogen-bond donors (Lipinski definition) is 1. The molecule has 4 rings (SSSR count). The summed E-state index contributed by atoms with van der Waals surface area (Å²) in [5.41, 5.74) is 3.90. The number of ether oxygens (including phenoxy) is 1. The predicted molar refractivity (Wildman–Crippen MR) is 107 cm³/mol. The Hall–Kier alpha value is -2.92. The molecule has 1 fully saturated rings. The standard InChI is InChI=1S/C22H23N3O2/c1-16-5-4-6-19(13-16)24-21(26)11-9-17-8-10-18-15-23-25(20(18)14-17)22-7-2-3-12-27-22/h4-6,8-11,13-15,22H,2-3,7,12H2,1H3,(H,24,26)/b11-9+. The highest BCUT2D eigenvalue weighted by Gasteiger charge is 2.18. The van der Waals surface area contributed by atoms with Gasteiger partial charge in [-0.1, -0.05) is 24.3 Å². The molecule has 0 aliphatic carbocycles. The second-order valence-corrected chi connectivity index (χ2v) is 6.92. The van der Waals surface area contributed by atoms with Gasteiger partial charge in [0.2, 0.25) is 5.91 Å². The predicted octanol–water partition coefficient (Wildman–Crippen LogP) is 4.70. The second kappa shape index (κ2) is 7.76. The summed E-state index contributed by atoms with van der Waals surface area (Å²) in [4.78, 5) is 12.2. The zero-order valence-corrected chi connectivity index (χ0v) is 15.4. The molecule has 1 amide bonds. The first kappa shape index (κ1) is 17.5. The maximum Gasteiger partial charge on any atom is 0.248 e. The van der Waals surface area contributed by atoms with Crippen LogP contribution in [0.3, 0.4) is 0 Å². The molecule has 138 valence electrons. The third-order valence-corrected chi connectivity index (χ3v) is 4.76. The summed E-state index contributed by atoms with van der Waals surface area (Å²) >= 11 is 0. The minimum Gasteiger partial charge on any atom is -0.356 e. The van der Waals surface area contributed by atoms with Gasteiger partial charge in [0.15, 0.2) is 6.23 Å². The molecule has 0 radical (unpaired) electrons. The van der Waals surface area contributed by atoms with Gasteiger partial charge in [0.05, 0.1) is 11.7 Å². The fourth-order valence-electron chi connectivity index (χ4n) is 3.38. The summed E-state index contributed by atoms with van der Waals surface area (Å²) in [5, 5.41) is 8.47. The summed E-state index contributed by atoms with van der Waals surface area (Å²) in [6.45, 7) is 2.78. The Balaban J connectivity index is 1.51. The smallest absolute Gasteiger partial charge is 0.248 e. The van der Waals surface area contributed by atoms with Gasteiger partial charge in [0.1, 0.15) is 0 Å². The van der Waals surface area contributed by atoms with Crippen molar-refractivity contribution in [2.45, 2.75) is 32.4 Å². The number of aryl methyl sites for hydroxylation is 1. The molecule has 0 saturated carbocycles. The van der Waals surface area contributed by atoms with Crippen LogP contribution in [0, 0.1) is 6.92 Å². The van der Waals surface area contributed by atoms with Gasteiger partial charge in [0, 0.05) is 23.8 Å². The van der Waals surface area contributed by atoms with Crippen molar-refractivity contribution in [3.05, 3.63) is 65.9 Å². The number of nitrogens with one attached hydrogen (secondary N) is 1. The minimum atomic E-state index is -0.148. The fraction of sp³-hybridized carbons (Fsp3) is 0.273. The van der Waals surface area contributed by atoms with E-state index in [4.69, 9.17) is 4.74 Å². The van der Waals surface area contributed by atoms with Gasteiger partial charge >= 0.3 is 0 Å². The summed E-state index contributed by atoms with van der Waals surface area (Å²) in [5.74, 6) is -0.148. The number of carbonyl (C=O) groups is 1. The summed E-state index contributed by atoms with van der Waals surface area (Å²) in [7, 11) is 0. The minimum absolute atomic E-state index is 0.0000912. The molecule has 1 saturated heterocycles. The molecule has 3 aromatic rings. The van der Waals surface area contributed by atoms with Gasteiger partial charge in [-0.25, -0.2) is 4.68 Å². The largest absolute Gasteiger partial charge is 0.356 e. The average Bonchev–Trinajstić information content (AvgIpc) is 3.10. The fourth-order valence-corrected chi connectivity index (χ4v) is 3.38. The van der Waals surface area contributed by atoms with Gasteiger partial charge < -0.3 is 10.1 Å². The molecule has 5 nitrogen and oxygen atoms in total. The monoisotopic (exact) mass is 361 g/mol. The molecule has 0 spiro atoms. The van der Waals surface area contributed by atoms with E-state index in [9.17, 15) is 4.79 Å². The molecule has 1 aromatic heterocycles. The van der Waals surface area contributed by atoms with Crippen molar-refractivity contribution in [3.8, 4) is 0 Å². The summed E-state index contributed by atoms with van der Waals surface area (Å²) in [6.07, 6.45) is 8.50. The molecule has 1 aliphatic heterocycles. The number of aromatic nitrogens is 2. The Morgan fingerprint density at radius 2 is 2.19 bits per heavy atom. The maximum absolute atomic E-state index is 12.2. The third kappa shape index (κ3) is 4.09. The summed E-state index contributed by atoms with van der Waals surface area (Å²) in [6, 6.07) is 13.8. The molecule has 2 heterocycles. The van der Waals surface area contributed by atoms with Crippen LogP contribution >= 0.6 is 0 Å². The van der Waals surface area contributed by atoms with Crippen LogP contribution < -0.4 is 5.32 Å². The number of fused-ring (bicyclic) bond motifs is 1. The van der Waals surface area contributed by atoms with Crippen LogP contribution in [0.1, 0.15) is 36.6 Å². The molecule has 0 bridgehead atoms. The van der Waals surface area contributed by atoms with E-state index in [0.717, 1.165) is 53.6 Å². The lowest BCUT2D eigenvalue weighted by atomic mass is 10.1. The Bertz CT molecular complexity index is 984. The van der Waals surface area contributed by atoms with Crippen molar-refractivity contribution < 1.29 is 9.53 Å². The lowest BCUT2D eigenvalue weighted by Gasteiger charge is -2.23. The molecule has 1 aliphatic rings. The van der Waals surface area contributed by atoms with E-state index in [2.05, 4.69) is 16.5 Å². The van der Waals surface area contributed by atoms with Crippen molar-refractivity contribution in [1.29, 1.82) is 0 Å². The average molecular weight is 361 g/mol. The zero-order valence-electron chi connectivity index (χ0n) is 15.4. The lowest BCUT2D eigenvalue weighted by Crippen LogP contribution is -2.18. The summed E-state index contributed by atoms with van der Waals surface area (Å²) < 4.78 is 7.82. The molecular formula is C22H23N3O2. The Kier molecular flexibility index (Phi) is 5.03. The maximum atomic E-state index is 12.2. The van der Waals surface area contributed by atoms with E-state index in [1.54, 1.807) is 6.08 Å². The number of nitrogens with zero attached hydrogens (tertiary/aromatic N) is 2. The first-order valence-electron chi connectivity index (χ1n) is 9.34. The van der Waals surface area contributed by atoms with E-state index in [-0.39, 0.29) is 12.1 Å². The SMILES string of the molecule is Cc1cccc(NC(=O)/C=C/c2ccc3cnn(C4CCCCO4)c3c2)c1. The number of carbonyl (C=O) groups excluding carboxylic acids is 1. The van der Waals surface area contributed by atoms with E-state index in [0.29, 0.717) is 0 Å². The van der Waals surface area contributed by atoms with Crippen LogP contribution in [0.5, 0.6) is 0 Å². The number of hydrogen-bond acceptors (Lipinski definition) is 3. The first-order chi connectivity index (χ1) is 13.2. The topological polar surface area (TPSA) is 56.2 Å². The van der Waals surface area contributed by atoms with Crippen molar-refractivity contribution in [2.75, 3.05) is 11.9 Å².